The number of nitrogens with two attached hydrogens (primary N) is 1. The Labute approximate surface area is 212 Å². The fourth-order valence-corrected chi connectivity index (χ4v) is 5.68. The van der Waals surface area contributed by atoms with E-state index in [9.17, 15) is 18.0 Å². The standard InChI is InChI=1S/C17H25NO2.C8H6BrF3N2O/c1-18-11-14-6-4-5-9-17(14,12-18)13-7-8-15(19-2)16(10-13)20-3;9-4-1-2-6(14-7(13)15)5(3-4)8(10,11)12/h7-8,10,14H,4-6,9,11-12H2,1-3H3;1-3H,(H3,13,14,15)/t14?,17-;/m0./s1. The summed E-state index contributed by atoms with van der Waals surface area (Å²) >= 11 is 2.91. The molecule has 4 rings (SSSR count). The molecule has 3 N–H and O–H groups in total. The van der Waals surface area contributed by atoms with Gasteiger partial charge in [-0.25, -0.2) is 4.79 Å². The minimum atomic E-state index is -4.54. The van der Waals surface area contributed by atoms with Gasteiger partial charge in [-0.2, -0.15) is 13.2 Å². The summed E-state index contributed by atoms with van der Waals surface area (Å²) in [4.78, 5) is 13.0. The normalized spacial score (nSPS) is 22.0. The van der Waals surface area contributed by atoms with Gasteiger partial charge in [-0.3, -0.25) is 0 Å². The Kier molecular flexibility index (Phi) is 8.58. The van der Waals surface area contributed by atoms with Crippen LogP contribution in [0.15, 0.2) is 40.9 Å². The SMILES string of the molecule is COc1ccc([C@@]23CCCCC2CN(C)C3)cc1OC.NC(=O)Nc1ccc(Br)cc1C(F)(F)F. The summed E-state index contributed by atoms with van der Waals surface area (Å²) in [6, 6.07) is 8.84. The van der Waals surface area contributed by atoms with E-state index in [4.69, 9.17) is 15.2 Å². The second kappa shape index (κ2) is 11.1. The number of hydrogen-bond acceptors (Lipinski definition) is 4. The topological polar surface area (TPSA) is 76.8 Å². The van der Waals surface area contributed by atoms with Crippen LogP contribution < -0.4 is 20.5 Å². The molecule has 1 unspecified atom stereocenters. The van der Waals surface area contributed by atoms with Crippen LogP contribution in [0.2, 0.25) is 0 Å². The van der Waals surface area contributed by atoms with Gasteiger partial charge in [0.2, 0.25) is 0 Å². The van der Waals surface area contributed by atoms with Crippen LogP contribution in [-0.4, -0.2) is 45.3 Å². The molecular weight excluding hydrogens is 527 g/mol. The van der Waals surface area contributed by atoms with Gasteiger partial charge in [0.05, 0.1) is 25.5 Å². The van der Waals surface area contributed by atoms with Crippen LogP contribution in [0.5, 0.6) is 11.5 Å². The number of hydrogen-bond donors (Lipinski definition) is 2. The first-order valence-corrected chi connectivity index (χ1v) is 12.1. The highest BCUT2D eigenvalue weighted by atomic mass is 79.9. The van der Waals surface area contributed by atoms with Crippen LogP contribution in [0.1, 0.15) is 36.8 Å². The molecule has 0 bridgehead atoms. The minimum Gasteiger partial charge on any atom is -0.493 e. The molecule has 35 heavy (non-hydrogen) atoms. The first kappa shape index (κ1) is 27.1. The largest absolute Gasteiger partial charge is 0.493 e. The second-order valence-corrected chi connectivity index (χ2v) is 9.96. The van der Waals surface area contributed by atoms with Gasteiger partial charge in [-0.15, -0.1) is 0 Å². The first-order chi connectivity index (χ1) is 16.5. The molecule has 1 saturated carbocycles. The number of carbonyl (C=O) groups excluding carboxylic acids is 1. The highest BCUT2D eigenvalue weighted by Crippen LogP contribution is 2.49. The van der Waals surface area contributed by atoms with Gasteiger partial charge in [0.25, 0.3) is 0 Å². The number of amides is 2. The zero-order valence-electron chi connectivity index (χ0n) is 20.0. The number of nitrogens with zero attached hydrogens (tertiary/aromatic N) is 1. The van der Waals surface area contributed by atoms with E-state index in [1.807, 2.05) is 5.32 Å². The van der Waals surface area contributed by atoms with Crippen LogP contribution in [-0.2, 0) is 11.6 Å². The van der Waals surface area contributed by atoms with Gasteiger partial charge in [-0.1, -0.05) is 34.8 Å². The third kappa shape index (κ3) is 6.22. The zero-order valence-corrected chi connectivity index (χ0v) is 21.6. The van der Waals surface area contributed by atoms with Crippen molar-refractivity contribution in [1.29, 1.82) is 0 Å². The molecule has 1 aliphatic carbocycles. The highest BCUT2D eigenvalue weighted by molar-refractivity contribution is 9.10. The van der Waals surface area contributed by atoms with Crippen LogP contribution in [0, 0.1) is 5.92 Å². The van der Waals surface area contributed by atoms with Crippen molar-refractivity contribution in [1.82, 2.24) is 4.90 Å². The summed E-state index contributed by atoms with van der Waals surface area (Å²) in [5, 5.41) is 1.91. The number of likely N-dealkylation sites (tertiary alicyclic amines) is 1. The molecule has 1 heterocycles. The summed E-state index contributed by atoms with van der Waals surface area (Å²) in [6.45, 7) is 2.40. The molecule has 2 aliphatic rings. The highest BCUT2D eigenvalue weighted by Gasteiger charge is 2.47. The lowest BCUT2D eigenvalue weighted by atomic mass is 9.64. The van der Waals surface area contributed by atoms with E-state index in [0.29, 0.717) is 5.41 Å². The number of benzene rings is 2. The van der Waals surface area contributed by atoms with Crippen molar-refractivity contribution >= 4 is 27.6 Å². The number of methoxy groups -OCH3 is 2. The van der Waals surface area contributed by atoms with Crippen LogP contribution in [0.4, 0.5) is 23.7 Å². The van der Waals surface area contributed by atoms with Crippen molar-refractivity contribution in [3.8, 4) is 11.5 Å². The number of alkyl halides is 3. The summed E-state index contributed by atoms with van der Waals surface area (Å²) in [5.74, 6) is 2.48. The Morgan fingerprint density at radius 1 is 1.14 bits per heavy atom. The van der Waals surface area contributed by atoms with E-state index in [0.717, 1.165) is 29.5 Å². The second-order valence-electron chi connectivity index (χ2n) is 9.04. The van der Waals surface area contributed by atoms with Crippen molar-refractivity contribution in [2.24, 2.45) is 11.7 Å². The van der Waals surface area contributed by atoms with Crippen molar-refractivity contribution in [3.05, 3.63) is 52.0 Å². The maximum absolute atomic E-state index is 12.5. The van der Waals surface area contributed by atoms with Crippen LogP contribution >= 0.6 is 15.9 Å². The maximum Gasteiger partial charge on any atom is 0.418 e. The molecule has 2 fully saturated rings. The van der Waals surface area contributed by atoms with Gasteiger partial charge in [0.1, 0.15) is 0 Å². The predicted molar refractivity (Wildman–Crippen MR) is 133 cm³/mol. The number of nitrogens with one attached hydrogen (secondary N) is 1. The molecule has 2 aromatic rings. The molecule has 0 aromatic heterocycles. The molecule has 2 atom stereocenters. The lowest BCUT2D eigenvalue weighted by Crippen LogP contribution is -2.37. The van der Waals surface area contributed by atoms with Crippen molar-refractivity contribution in [3.63, 3.8) is 0 Å². The summed E-state index contributed by atoms with van der Waals surface area (Å²) in [6.07, 6.45) is 0.851. The number of urea groups is 1. The lowest BCUT2D eigenvalue weighted by molar-refractivity contribution is -0.136. The zero-order chi connectivity index (χ0) is 25.8. The van der Waals surface area contributed by atoms with E-state index in [2.05, 4.69) is 46.1 Å². The molecule has 6 nitrogen and oxygen atoms in total. The minimum absolute atomic E-state index is 0.268. The molecule has 0 radical (unpaired) electrons. The molecule has 1 saturated heterocycles. The van der Waals surface area contributed by atoms with Gasteiger partial charge >= 0.3 is 12.2 Å². The van der Waals surface area contributed by atoms with Gasteiger partial charge < -0.3 is 25.4 Å². The van der Waals surface area contributed by atoms with E-state index in [1.54, 1.807) is 14.2 Å². The molecule has 2 amide bonds. The van der Waals surface area contributed by atoms with Gasteiger partial charge in [0, 0.05) is 23.0 Å². The van der Waals surface area contributed by atoms with Crippen LogP contribution in [0.25, 0.3) is 0 Å². The third-order valence-electron chi connectivity index (χ3n) is 6.79. The first-order valence-electron chi connectivity index (χ1n) is 11.3. The fraction of sp³-hybridized carbons (Fsp3) is 0.480. The smallest absolute Gasteiger partial charge is 0.418 e. The number of anilines is 1. The van der Waals surface area contributed by atoms with Crippen molar-refractivity contribution in [2.45, 2.75) is 37.3 Å². The molecule has 2 aromatic carbocycles. The number of primary amides is 1. The summed E-state index contributed by atoms with van der Waals surface area (Å²) in [5.41, 5.74) is 5.19. The Hall–Kier alpha value is -2.46. The predicted octanol–water partition coefficient (Wildman–Crippen LogP) is 6.04. The number of fused-ring (bicyclic) bond motifs is 1. The average Bonchev–Trinajstić information content (AvgIpc) is 3.16. The number of carbonyl (C=O) groups is 1. The Morgan fingerprint density at radius 3 is 2.49 bits per heavy atom. The maximum atomic E-state index is 12.5. The number of ether oxygens (including phenoxy) is 2. The van der Waals surface area contributed by atoms with E-state index in [-0.39, 0.29) is 10.2 Å². The number of rotatable bonds is 4. The van der Waals surface area contributed by atoms with E-state index in [1.165, 1.54) is 50.4 Å². The van der Waals surface area contributed by atoms with E-state index < -0.39 is 17.8 Å². The molecule has 10 heteroatoms. The number of likely N-dealkylation sites (N-methyl/N-ethyl adjacent to an activating group) is 1. The van der Waals surface area contributed by atoms with E-state index >= 15 is 0 Å². The van der Waals surface area contributed by atoms with Gasteiger partial charge in [-0.05, 0) is 61.7 Å². The van der Waals surface area contributed by atoms with Crippen LogP contribution in [0.3, 0.4) is 0 Å². The third-order valence-corrected chi connectivity index (χ3v) is 7.29. The van der Waals surface area contributed by atoms with Gasteiger partial charge in [0.15, 0.2) is 11.5 Å². The monoisotopic (exact) mass is 557 g/mol. The number of halogens is 4. The van der Waals surface area contributed by atoms with Crippen molar-refractivity contribution in [2.75, 3.05) is 39.7 Å². The molecule has 1 aliphatic heterocycles. The molecule has 0 spiro atoms. The fourth-order valence-electron chi connectivity index (χ4n) is 5.32. The van der Waals surface area contributed by atoms with Crippen molar-refractivity contribution < 1.29 is 27.4 Å². The average molecular weight is 558 g/mol. The Balaban J connectivity index is 0.000000205. The lowest BCUT2D eigenvalue weighted by Gasteiger charge is -2.39. The quantitative estimate of drug-likeness (QED) is 0.480. The Morgan fingerprint density at radius 2 is 1.86 bits per heavy atom. The summed E-state index contributed by atoms with van der Waals surface area (Å²) in [7, 11) is 5.67. The Bertz CT molecular complexity index is 1050. The molecular formula is C25H31BrF3N3O3. The molecule has 192 valence electrons. The summed E-state index contributed by atoms with van der Waals surface area (Å²) < 4.78 is 48.5.